The number of carbonyl (C=O) groups is 1. The highest BCUT2D eigenvalue weighted by atomic mass is 16.1. The SMILES string of the molecule is CC(CNC(=O)/C=C1/CN2CCC1CC2)CNc1ncnc2cnn(C)c12. The number of rotatable bonds is 6. The van der Waals surface area contributed by atoms with E-state index in [-0.39, 0.29) is 11.8 Å². The lowest BCUT2D eigenvalue weighted by molar-refractivity contribution is -0.116. The van der Waals surface area contributed by atoms with Crippen LogP contribution in [-0.4, -0.2) is 63.3 Å². The van der Waals surface area contributed by atoms with Crippen molar-refractivity contribution in [3.05, 3.63) is 24.2 Å². The van der Waals surface area contributed by atoms with E-state index >= 15 is 0 Å². The predicted octanol–water partition coefficient (Wildman–Crippen LogP) is 1.18. The van der Waals surface area contributed by atoms with Crippen molar-refractivity contribution in [2.75, 3.05) is 38.0 Å². The molecule has 3 saturated heterocycles. The molecule has 3 aliphatic heterocycles. The third-order valence-electron chi connectivity index (χ3n) is 5.60. The Morgan fingerprint density at radius 1 is 1.33 bits per heavy atom. The molecule has 2 aromatic heterocycles. The molecule has 3 aliphatic rings. The van der Waals surface area contributed by atoms with Gasteiger partial charge in [-0.25, -0.2) is 9.97 Å². The lowest BCUT2D eigenvalue weighted by Crippen LogP contribution is -2.43. The second kappa shape index (κ2) is 7.64. The fourth-order valence-corrected chi connectivity index (χ4v) is 3.98. The van der Waals surface area contributed by atoms with E-state index in [4.69, 9.17) is 0 Å². The minimum absolute atomic E-state index is 0.0293. The van der Waals surface area contributed by atoms with Crippen molar-refractivity contribution < 1.29 is 4.79 Å². The second-order valence-corrected chi connectivity index (χ2v) is 7.73. The van der Waals surface area contributed by atoms with Crippen LogP contribution in [0.15, 0.2) is 24.2 Å². The first-order valence-electron chi connectivity index (χ1n) is 9.67. The van der Waals surface area contributed by atoms with Crippen LogP contribution < -0.4 is 10.6 Å². The Morgan fingerprint density at radius 3 is 2.89 bits per heavy atom. The van der Waals surface area contributed by atoms with Crippen molar-refractivity contribution in [2.24, 2.45) is 18.9 Å². The Kier molecular flexibility index (Phi) is 5.07. The van der Waals surface area contributed by atoms with Gasteiger partial charge in [0.25, 0.3) is 0 Å². The highest BCUT2D eigenvalue weighted by molar-refractivity contribution is 5.88. The van der Waals surface area contributed by atoms with Crippen molar-refractivity contribution >= 4 is 22.8 Å². The van der Waals surface area contributed by atoms with Gasteiger partial charge in [-0.3, -0.25) is 14.4 Å². The Balaban J connectivity index is 1.28. The molecule has 0 saturated carbocycles. The number of aryl methyl sites for hydroxylation is 1. The van der Waals surface area contributed by atoms with Crippen molar-refractivity contribution in [1.29, 1.82) is 0 Å². The largest absolute Gasteiger partial charge is 0.368 e. The fraction of sp³-hybridized carbons (Fsp3) is 0.579. The van der Waals surface area contributed by atoms with Gasteiger partial charge in [-0.15, -0.1) is 0 Å². The summed E-state index contributed by atoms with van der Waals surface area (Å²) in [6.45, 7) is 6.77. The summed E-state index contributed by atoms with van der Waals surface area (Å²) < 4.78 is 1.77. The average Bonchev–Trinajstić information content (AvgIpc) is 3.07. The summed E-state index contributed by atoms with van der Waals surface area (Å²) in [6, 6.07) is 0. The van der Waals surface area contributed by atoms with Crippen LogP contribution in [0.5, 0.6) is 0 Å². The molecule has 144 valence electrons. The summed E-state index contributed by atoms with van der Waals surface area (Å²) in [7, 11) is 1.88. The van der Waals surface area contributed by atoms with Gasteiger partial charge >= 0.3 is 0 Å². The molecule has 2 N–H and O–H groups in total. The summed E-state index contributed by atoms with van der Waals surface area (Å²) in [4.78, 5) is 23.3. The first kappa shape index (κ1) is 17.9. The summed E-state index contributed by atoms with van der Waals surface area (Å²) >= 11 is 0. The lowest BCUT2D eigenvalue weighted by Gasteiger charge is -2.40. The van der Waals surface area contributed by atoms with Crippen LogP contribution in [0.1, 0.15) is 19.8 Å². The van der Waals surface area contributed by atoms with Crippen LogP contribution in [0.4, 0.5) is 5.82 Å². The predicted molar refractivity (Wildman–Crippen MR) is 104 cm³/mol. The molecule has 5 rings (SSSR count). The maximum absolute atomic E-state index is 12.3. The number of amides is 1. The highest BCUT2D eigenvalue weighted by Gasteiger charge is 2.29. The standard InChI is InChI=1S/C19H27N7O/c1-13(9-21-19-18-16(22-12-23-19)10-24-25(18)2)8-20-17(27)7-15-11-26-5-3-14(15)4-6-26/h7,10,12-14H,3-6,8-9,11H2,1-2H3,(H,20,27)(H,21,22,23)/b15-7-. The summed E-state index contributed by atoms with van der Waals surface area (Å²) in [5.41, 5.74) is 3.01. The zero-order valence-corrected chi connectivity index (χ0v) is 16.0. The molecule has 1 unspecified atom stereocenters. The van der Waals surface area contributed by atoms with Crippen molar-refractivity contribution in [3.63, 3.8) is 0 Å². The first-order valence-corrected chi connectivity index (χ1v) is 9.67. The number of piperidine rings is 3. The molecule has 0 aliphatic carbocycles. The molecule has 8 nitrogen and oxygen atoms in total. The van der Waals surface area contributed by atoms with Gasteiger partial charge in [0.2, 0.25) is 5.91 Å². The second-order valence-electron chi connectivity index (χ2n) is 7.73. The van der Waals surface area contributed by atoms with Gasteiger partial charge < -0.3 is 10.6 Å². The number of nitrogens with zero attached hydrogens (tertiary/aromatic N) is 5. The van der Waals surface area contributed by atoms with Crippen molar-refractivity contribution in [2.45, 2.75) is 19.8 Å². The minimum Gasteiger partial charge on any atom is -0.368 e. The topological polar surface area (TPSA) is 88.0 Å². The number of nitrogens with one attached hydrogen (secondary N) is 2. The van der Waals surface area contributed by atoms with E-state index in [1.165, 1.54) is 31.5 Å². The van der Waals surface area contributed by atoms with Gasteiger partial charge in [0.05, 0.1) is 6.20 Å². The number of anilines is 1. The fourth-order valence-electron chi connectivity index (χ4n) is 3.98. The molecule has 0 aromatic carbocycles. The van der Waals surface area contributed by atoms with Gasteiger partial charge in [-0.1, -0.05) is 6.92 Å². The Hall–Kier alpha value is -2.48. The third-order valence-corrected chi connectivity index (χ3v) is 5.60. The molecule has 0 spiro atoms. The van der Waals surface area contributed by atoms with E-state index in [0.29, 0.717) is 19.0 Å². The zero-order valence-electron chi connectivity index (χ0n) is 16.0. The molecule has 1 atom stereocenters. The molecule has 2 bridgehead atoms. The average molecular weight is 369 g/mol. The van der Waals surface area contributed by atoms with Crippen LogP contribution >= 0.6 is 0 Å². The van der Waals surface area contributed by atoms with Crippen molar-refractivity contribution in [1.82, 2.24) is 30.0 Å². The van der Waals surface area contributed by atoms with Gasteiger partial charge in [0, 0.05) is 32.8 Å². The molecule has 8 heteroatoms. The summed E-state index contributed by atoms with van der Waals surface area (Å²) in [6.07, 6.45) is 7.49. The van der Waals surface area contributed by atoms with Crippen LogP contribution in [0.25, 0.3) is 11.0 Å². The van der Waals surface area contributed by atoms with E-state index in [1.54, 1.807) is 17.2 Å². The van der Waals surface area contributed by atoms with E-state index in [2.05, 4.69) is 37.5 Å². The molecular formula is C19H27N7O. The number of carbonyl (C=O) groups excluding carboxylic acids is 1. The molecule has 3 fully saturated rings. The quantitative estimate of drug-likeness (QED) is 0.744. The Morgan fingerprint density at radius 2 is 2.15 bits per heavy atom. The van der Waals surface area contributed by atoms with Gasteiger partial charge in [-0.2, -0.15) is 5.10 Å². The Bertz CT molecular complexity index is 851. The molecule has 1 amide bonds. The minimum atomic E-state index is 0.0293. The van der Waals surface area contributed by atoms with Gasteiger partial charge in [0.15, 0.2) is 5.82 Å². The number of hydrogen-bond acceptors (Lipinski definition) is 6. The summed E-state index contributed by atoms with van der Waals surface area (Å²) in [5.74, 6) is 1.69. The van der Waals surface area contributed by atoms with E-state index in [9.17, 15) is 4.79 Å². The van der Waals surface area contributed by atoms with E-state index in [1.807, 2.05) is 13.1 Å². The molecule has 0 radical (unpaired) electrons. The lowest BCUT2D eigenvalue weighted by atomic mass is 9.83. The Labute approximate surface area is 159 Å². The van der Waals surface area contributed by atoms with Crippen LogP contribution in [0, 0.1) is 11.8 Å². The maximum atomic E-state index is 12.3. The smallest absolute Gasteiger partial charge is 0.244 e. The van der Waals surface area contributed by atoms with E-state index < -0.39 is 0 Å². The first-order chi connectivity index (χ1) is 13.1. The normalized spacial score (nSPS) is 24.3. The molecular weight excluding hydrogens is 342 g/mol. The van der Waals surface area contributed by atoms with E-state index in [0.717, 1.165) is 23.4 Å². The number of fused-ring (bicyclic) bond motifs is 4. The molecule has 27 heavy (non-hydrogen) atoms. The van der Waals surface area contributed by atoms with Crippen molar-refractivity contribution in [3.8, 4) is 0 Å². The van der Waals surface area contributed by atoms with Crippen LogP contribution in [-0.2, 0) is 11.8 Å². The number of aromatic nitrogens is 4. The monoisotopic (exact) mass is 369 g/mol. The van der Waals surface area contributed by atoms with Crippen LogP contribution in [0.2, 0.25) is 0 Å². The summed E-state index contributed by atoms with van der Waals surface area (Å²) in [5, 5.41) is 10.6. The van der Waals surface area contributed by atoms with Gasteiger partial charge in [-0.05, 0) is 43.3 Å². The highest BCUT2D eigenvalue weighted by Crippen LogP contribution is 2.31. The maximum Gasteiger partial charge on any atom is 0.244 e. The van der Waals surface area contributed by atoms with Crippen LogP contribution in [0.3, 0.4) is 0 Å². The molecule has 5 heterocycles. The van der Waals surface area contributed by atoms with Gasteiger partial charge in [0.1, 0.15) is 17.4 Å². The third kappa shape index (κ3) is 3.95. The zero-order chi connectivity index (χ0) is 18.8. The number of hydrogen-bond donors (Lipinski definition) is 2. The molecule has 2 aromatic rings.